The summed E-state index contributed by atoms with van der Waals surface area (Å²) in [5.41, 5.74) is -6.02. The number of anilines is 1. The number of carbonyl (C=O) groups is 6. The van der Waals surface area contributed by atoms with E-state index in [4.69, 9.17) is 14.6 Å². The third-order valence-electron chi connectivity index (χ3n) is 13.6. The van der Waals surface area contributed by atoms with Gasteiger partial charge in [0.2, 0.25) is 17.7 Å². The number of phosphoric ester groups is 1. The van der Waals surface area contributed by atoms with Gasteiger partial charge in [0, 0.05) is 45.7 Å². The standard InChI is InChI=1S/C42H47BrF2N3O14PS/c1-39-10-9-24(49)13-28(39)29(44)14-27-26-15-33-42(32(51)19-60-63(57,58)59,40(26,2)16-31(50)41(27,39)45)62-38(61-33)22-12-25(64-20-22)11-21-3-5-23(6-4-21)47-37(56)30(7-8-36(54)55)48-35(53)18-46-34(52)17-43/h3-6,9-10,12-13,20,26-27,29-31,33,38,50H,7-8,11,14-19H2,1-2H3,(H,46,52)(H,47,56)(H,48,53)(H,54,55)(H2,57,58,59)/t26-,27-,29-,30-,31-,33+,38+,39-,40-,41-,42+/m0/s1. The molecule has 1 aromatic heterocycles. The fourth-order valence-corrected chi connectivity index (χ4v) is 12.0. The van der Waals surface area contributed by atoms with Crippen molar-refractivity contribution in [2.24, 2.45) is 22.7 Å². The van der Waals surface area contributed by atoms with Crippen LogP contribution in [0.4, 0.5) is 14.5 Å². The van der Waals surface area contributed by atoms with E-state index < -0.39 is 134 Å². The van der Waals surface area contributed by atoms with Gasteiger partial charge in [0.15, 0.2) is 29.1 Å². The zero-order valence-corrected chi connectivity index (χ0v) is 37.8. The molecule has 1 aliphatic heterocycles. The normalized spacial score (nSPS) is 33.2. The molecule has 346 valence electrons. The van der Waals surface area contributed by atoms with Gasteiger partial charge in [-0.1, -0.05) is 41.1 Å². The number of benzene rings is 1. The Labute approximate surface area is 377 Å². The van der Waals surface area contributed by atoms with Crippen molar-refractivity contribution in [2.45, 2.75) is 94.4 Å². The van der Waals surface area contributed by atoms with Gasteiger partial charge in [-0.2, -0.15) is 0 Å². The minimum absolute atomic E-state index is 0.0234. The van der Waals surface area contributed by atoms with Crippen LogP contribution < -0.4 is 16.0 Å². The quantitative estimate of drug-likeness (QED) is 0.0930. The summed E-state index contributed by atoms with van der Waals surface area (Å²) < 4.78 is 63.4. The number of allylic oxidation sites excluding steroid dienone is 4. The smallest absolute Gasteiger partial charge is 0.470 e. The van der Waals surface area contributed by atoms with Gasteiger partial charge in [-0.25, -0.2) is 13.3 Å². The highest BCUT2D eigenvalue weighted by Crippen LogP contribution is 2.73. The van der Waals surface area contributed by atoms with E-state index in [-0.39, 0.29) is 30.2 Å². The monoisotopic (exact) mass is 997 g/mol. The molecule has 5 aliphatic rings. The number of phosphoric acid groups is 1. The second-order valence-electron chi connectivity index (χ2n) is 17.3. The Balaban J connectivity index is 1.07. The average molecular weight is 999 g/mol. The molecule has 1 aromatic carbocycles. The molecule has 3 amide bonds. The van der Waals surface area contributed by atoms with Crippen LogP contribution >= 0.6 is 35.1 Å². The van der Waals surface area contributed by atoms with E-state index in [2.05, 4.69) is 36.4 Å². The number of alkyl halides is 3. The number of rotatable bonds is 16. The van der Waals surface area contributed by atoms with Crippen LogP contribution in [-0.2, 0) is 53.8 Å². The highest BCUT2D eigenvalue weighted by molar-refractivity contribution is 9.09. The Bertz CT molecular complexity index is 2340. The number of fused-ring (bicyclic) bond motifs is 7. The highest BCUT2D eigenvalue weighted by atomic mass is 79.9. The number of amides is 3. The van der Waals surface area contributed by atoms with Gasteiger partial charge < -0.3 is 45.4 Å². The Morgan fingerprint density at radius 1 is 1.09 bits per heavy atom. The molecule has 64 heavy (non-hydrogen) atoms. The molecule has 0 bridgehead atoms. The summed E-state index contributed by atoms with van der Waals surface area (Å²) in [6, 6.07) is 7.30. The molecule has 4 fully saturated rings. The van der Waals surface area contributed by atoms with Crippen LogP contribution in [0.25, 0.3) is 0 Å². The summed E-state index contributed by atoms with van der Waals surface area (Å²) >= 11 is 4.30. The predicted molar refractivity (Wildman–Crippen MR) is 226 cm³/mol. The first-order valence-electron chi connectivity index (χ1n) is 20.4. The summed E-state index contributed by atoms with van der Waals surface area (Å²) in [5.74, 6) is -6.38. The van der Waals surface area contributed by atoms with Crippen molar-refractivity contribution in [1.29, 1.82) is 0 Å². The van der Waals surface area contributed by atoms with Crippen LogP contribution in [-0.4, -0.2) is 109 Å². The predicted octanol–water partition coefficient (Wildman–Crippen LogP) is 3.90. The van der Waals surface area contributed by atoms with Crippen molar-refractivity contribution in [2.75, 3.05) is 23.8 Å². The van der Waals surface area contributed by atoms with Gasteiger partial charge in [-0.3, -0.25) is 33.3 Å². The molecule has 11 atom stereocenters. The largest absolute Gasteiger partial charge is 0.481 e. The molecule has 3 saturated carbocycles. The van der Waals surface area contributed by atoms with E-state index in [1.807, 2.05) is 0 Å². The SMILES string of the molecule is C[C@]12C=CC(=O)C=C1[C@@H](F)C[C@H]1[C@@H]3C[C@H]4O[C@@H](c5csc(Cc6ccc(NC(=O)[C@H](CCC(=O)O)NC(=O)CNC(=O)CBr)cc6)c5)O[C@@]4(C(=O)COP(=O)(O)O)[C@@]3(C)C[C@H](O)[C@@]12F. The number of carboxylic acids is 1. The number of aliphatic hydroxyl groups excluding tert-OH is 1. The summed E-state index contributed by atoms with van der Waals surface area (Å²) in [6.45, 7) is 1.56. The van der Waals surface area contributed by atoms with E-state index >= 15 is 8.78 Å². The van der Waals surface area contributed by atoms with Crippen molar-refractivity contribution in [3.05, 3.63) is 75.5 Å². The zero-order chi connectivity index (χ0) is 46.6. The zero-order valence-electron chi connectivity index (χ0n) is 34.5. The molecule has 0 radical (unpaired) electrons. The molecular formula is C42H47BrF2N3O14PS. The molecule has 1 saturated heterocycles. The number of aliphatic hydroxyl groups is 1. The van der Waals surface area contributed by atoms with E-state index in [1.54, 1.807) is 42.6 Å². The number of aliphatic carboxylic acids is 1. The van der Waals surface area contributed by atoms with Crippen LogP contribution in [0.1, 0.15) is 68.2 Å². The lowest BCUT2D eigenvalue weighted by Crippen LogP contribution is -2.70. The molecule has 7 N–H and O–H groups in total. The van der Waals surface area contributed by atoms with Gasteiger partial charge >= 0.3 is 13.8 Å². The van der Waals surface area contributed by atoms with Gasteiger partial charge in [-0.05, 0) is 85.4 Å². The van der Waals surface area contributed by atoms with Gasteiger partial charge in [0.1, 0.15) is 18.8 Å². The van der Waals surface area contributed by atoms with Crippen molar-refractivity contribution in [3.63, 3.8) is 0 Å². The first-order chi connectivity index (χ1) is 30.0. The van der Waals surface area contributed by atoms with Gasteiger partial charge in [-0.15, -0.1) is 11.3 Å². The third-order valence-corrected chi connectivity index (χ3v) is 15.5. The van der Waals surface area contributed by atoms with Crippen molar-refractivity contribution < 1.29 is 76.1 Å². The maximum Gasteiger partial charge on any atom is 0.470 e. The van der Waals surface area contributed by atoms with Crippen LogP contribution in [0.5, 0.6) is 0 Å². The number of Topliss-reactive ketones (excluding diaryl/α,β-unsaturated/α-hetero) is 1. The maximum atomic E-state index is 17.9. The van der Waals surface area contributed by atoms with Crippen molar-refractivity contribution in [3.8, 4) is 0 Å². The number of halogens is 3. The maximum absolute atomic E-state index is 17.9. The molecule has 7 rings (SSSR count). The lowest BCUT2D eigenvalue weighted by molar-refractivity contribution is -0.235. The lowest BCUT2D eigenvalue weighted by Gasteiger charge is -2.63. The third kappa shape index (κ3) is 8.70. The number of ketones is 2. The van der Waals surface area contributed by atoms with Gasteiger partial charge in [0.25, 0.3) is 0 Å². The summed E-state index contributed by atoms with van der Waals surface area (Å²) in [7, 11) is -5.16. The average Bonchev–Trinajstić information content (AvgIpc) is 3.92. The van der Waals surface area contributed by atoms with Crippen molar-refractivity contribution >= 4 is 76.0 Å². The number of thiophene rings is 1. The Morgan fingerprint density at radius 3 is 2.48 bits per heavy atom. The molecule has 22 heteroatoms. The van der Waals surface area contributed by atoms with E-state index in [0.717, 1.165) is 22.6 Å². The molecule has 2 aromatic rings. The number of hydrogen-bond acceptors (Lipinski definition) is 12. The minimum atomic E-state index is -5.16. The van der Waals surface area contributed by atoms with Crippen LogP contribution in [0.2, 0.25) is 0 Å². The summed E-state index contributed by atoms with van der Waals surface area (Å²) in [5, 5.41) is 30.2. The molecular weight excluding hydrogens is 951 g/mol. The van der Waals surface area contributed by atoms with Crippen LogP contribution in [0, 0.1) is 22.7 Å². The number of carboxylic acid groups (broad SMARTS) is 1. The number of carbonyl (C=O) groups excluding carboxylic acids is 5. The minimum Gasteiger partial charge on any atom is -0.481 e. The molecule has 0 spiro atoms. The first-order valence-corrected chi connectivity index (χ1v) is 23.9. The second-order valence-corrected chi connectivity index (χ2v) is 20.1. The molecule has 17 nitrogen and oxygen atoms in total. The van der Waals surface area contributed by atoms with E-state index in [1.165, 1.54) is 24.3 Å². The molecule has 4 aliphatic carbocycles. The number of nitrogens with one attached hydrogen (secondary N) is 3. The lowest BCUT2D eigenvalue weighted by atomic mass is 9.44. The fourth-order valence-electron chi connectivity index (χ4n) is 10.6. The number of hydrogen-bond donors (Lipinski definition) is 7. The fraction of sp³-hybridized carbons (Fsp3) is 0.524. The summed E-state index contributed by atoms with van der Waals surface area (Å²) in [6.07, 6.45) is -3.33. The molecule has 2 heterocycles. The Hall–Kier alpha value is -4.05. The van der Waals surface area contributed by atoms with E-state index in [0.29, 0.717) is 17.7 Å². The van der Waals surface area contributed by atoms with Crippen LogP contribution in [0.3, 0.4) is 0 Å². The topological polar surface area (TPSA) is 264 Å². The first kappa shape index (κ1) is 47.9. The summed E-state index contributed by atoms with van der Waals surface area (Å²) in [4.78, 5) is 94.7. The van der Waals surface area contributed by atoms with Gasteiger partial charge in [0.05, 0.1) is 24.1 Å². The Kier molecular flexibility index (Phi) is 13.5. The van der Waals surface area contributed by atoms with E-state index in [9.17, 15) is 48.2 Å². The van der Waals surface area contributed by atoms with Crippen molar-refractivity contribution in [1.82, 2.24) is 10.6 Å². The Morgan fingerprint density at radius 2 is 1.81 bits per heavy atom. The highest BCUT2D eigenvalue weighted by Gasteiger charge is 2.80. The molecule has 0 unspecified atom stereocenters. The van der Waals surface area contributed by atoms with Crippen LogP contribution in [0.15, 0.2) is 59.5 Å². The number of ether oxygens (including phenoxy) is 2. The second kappa shape index (κ2) is 18.0.